The summed E-state index contributed by atoms with van der Waals surface area (Å²) >= 11 is 4.26. The second kappa shape index (κ2) is 5.44. The zero-order valence-electron chi connectivity index (χ0n) is 11.2. The molecule has 0 unspecified atom stereocenters. The van der Waals surface area contributed by atoms with Gasteiger partial charge >= 0.3 is 0 Å². The molecule has 3 nitrogen and oxygen atoms in total. The van der Waals surface area contributed by atoms with E-state index in [0.717, 1.165) is 6.54 Å². The summed E-state index contributed by atoms with van der Waals surface area (Å²) in [5, 5.41) is 3.17. The highest BCUT2D eigenvalue weighted by molar-refractivity contribution is 7.85. The Labute approximate surface area is 123 Å². The van der Waals surface area contributed by atoms with E-state index in [0.29, 0.717) is 22.7 Å². The third-order valence-corrected chi connectivity index (χ3v) is 4.56. The maximum Gasteiger partial charge on any atom is 0.210 e. The highest BCUT2D eigenvalue weighted by Crippen LogP contribution is 2.28. The number of allylic oxidation sites excluding steroid dienone is 2. The fourth-order valence-corrected chi connectivity index (χ4v) is 3.29. The van der Waals surface area contributed by atoms with Crippen molar-refractivity contribution in [2.45, 2.75) is 25.7 Å². The van der Waals surface area contributed by atoms with Gasteiger partial charge in [-0.3, -0.25) is 9.59 Å². The molecule has 3 rings (SSSR count). The van der Waals surface area contributed by atoms with E-state index in [9.17, 15) is 9.59 Å². The van der Waals surface area contributed by atoms with Crippen LogP contribution in [0.25, 0.3) is 0 Å². The summed E-state index contributed by atoms with van der Waals surface area (Å²) in [6.07, 6.45) is 4.91. The van der Waals surface area contributed by atoms with Gasteiger partial charge in [0.25, 0.3) is 0 Å². The summed E-state index contributed by atoms with van der Waals surface area (Å²) in [7, 11) is 0. The Kier molecular flexibility index (Phi) is 3.66. The van der Waals surface area contributed by atoms with Gasteiger partial charge in [0.1, 0.15) is 5.70 Å². The predicted octanol–water partition coefficient (Wildman–Crippen LogP) is 2.99. The van der Waals surface area contributed by atoms with E-state index in [2.05, 4.69) is 17.9 Å². The molecule has 0 heterocycles. The molecule has 104 valence electrons. The molecule has 0 aromatic heterocycles. The van der Waals surface area contributed by atoms with Gasteiger partial charge in [-0.2, -0.15) is 0 Å². The number of benzene rings is 1. The topological polar surface area (TPSA) is 46.2 Å². The molecule has 1 saturated carbocycles. The fourth-order valence-electron chi connectivity index (χ4n) is 2.99. The molecule has 1 aromatic carbocycles. The highest BCUT2D eigenvalue weighted by atomic mass is 32.1. The summed E-state index contributed by atoms with van der Waals surface area (Å²) in [4.78, 5) is 24.9. The lowest BCUT2D eigenvalue weighted by Gasteiger charge is -2.21. The maximum atomic E-state index is 12.5. The largest absolute Gasteiger partial charge is 0.381 e. The first kappa shape index (κ1) is 13.4. The summed E-state index contributed by atoms with van der Waals surface area (Å²) in [6, 6.07) is 6.93. The van der Waals surface area contributed by atoms with Gasteiger partial charge in [0.05, 0.1) is 4.91 Å². The van der Waals surface area contributed by atoms with Crippen molar-refractivity contribution in [2.24, 2.45) is 5.92 Å². The monoisotopic (exact) mass is 287 g/mol. The number of nitrogens with one attached hydrogen (secondary N) is 1. The number of hydrogen-bond acceptors (Lipinski definition) is 4. The van der Waals surface area contributed by atoms with Crippen LogP contribution in [0.15, 0.2) is 34.9 Å². The molecular weight excluding hydrogens is 270 g/mol. The van der Waals surface area contributed by atoms with Gasteiger partial charge in [0.2, 0.25) is 11.6 Å². The van der Waals surface area contributed by atoms with Crippen LogP contribution in [0.4, 0.5) is 0 Å². The lowest BCUT2D eigenvalue weighted by Crippen LogP contribution is -2.31. The number of fused-ring (bicyclic) bond motifs is 1. The van der Waals surface area contributed by atoms with Gasteiger partial charge in [-0.25, -0.2) is 0 Å². The van der Waals surface area contributed by atoms with Crippen molar-refractivity contribution in [3.05, 3.63) is 46.0 Å². The van der Waals surface area contributed by atoms with Crippen molar-refractivity contribution in [1.29, 1.82) is 0 Å². The van der Waals surface area contributed by atoms with Crippen molar-refractivity contribution in [1.82, 2.24) is 5.32 Å². The van der Waals surface area contributed by atoms with E-state index < -0.39 is 0 Å². The van der Waals surface area contributed by atoms with Gasteiger partial charge in [-0.05, 0) is 18.8 Å². The normalized spacial score (nSPS) is 19.4. The van der Waals surface area contributed by atoms with E-state index in [1.165, 1.54) is 25.7 Å². The van der Waals surface area contributed by atoms with Crippen LogP contribution in [-0.4, -0.2) is 18.1 Å². The van der Waals surface area contributed by atoms with E-state index in [1.807, 2.05) is 0 Å². The molecule has 1 aromatic rings. The zero-order chi connectivity index (χ0) is 14.1. The summed E-state index contributed by atoms with van der Waals surface area (Å²) in [5.74, 6) is 0.310. The van der Waals surface area contributed by atoms with Gasteiger partial charge in [-0.15, -0.1) is 12.6 Å². The van der Waals surface area contributed by atoms with Gasteiger partial charge in [0, 0.05) is 17.7 Å². The van der Waals surface area contributed by atoms with E-state index in [4.69, 9.17) is 0 Å². The van der Waals surface area contributed by atoms with Crippen LogP contribution in [0, 0.1) is 5.92 Å². The molecule has 0 atom stereocenters. The standard InChI is InChI=1S/C16H17NO2S/c18-14-11-7-3-4-8-12(11)15(19)16(20)13(14)17-9-10-5-1-2-6-10/h3-4,7-8,10,17,20H,1-2,5-6,9H2. The second-order valence-electron chi connectivity index (χ2n) is 5.46. The van der Waals surface area contributed by atoms with Crippen LogP contribution in [0.5, 0.6) is 0 Å². The van der Waals surface area contributed by atoms with Crippen LogP contribution in [0.1, 0.15) is 46.4 Å². The smallest absolute Gasteiger partial charge is 0.210 e. The molecule has 2 aliphatic carbocycles. The maximum absolute atomic E-state index is 12.5. The van der Waals surface area contributed by atoms with Crippen molar-refractivity contribution in [3.8, 4) is 0 Å². The Bertz CT molecular complexity index is 600. The number of hydrogen-bond donors (Lipinski definition) is 2. The predicted molar refractivity (Wildman–Crippen MR) is 81.1 cm³/mol. The number of Topliss-reactive ketones (excluding diaryl/α,β-unsaturated/α-hetero) is 2. The van der Waals surface area contributed by atoms with E-state index >= 15 is 0 Å². The number of rotatable bonds is 3. The Morgan fingerprint density at radius 1 is 1.05 bits per heavy atom. The molecule has 0 amide bonds. The fraction of sp³-hybridized carbons (Fsp3) is 0.375. The molecule has 20 heavy (non-hydrogen) atoms. The van der Waals surface area contributed by atoms with Gasteiger partial charge < -0.3 is 5.32 Å². The van der Waals surface area contributed by atoms with Gasteiger partial charge in [0.15, 0.2) is 0 Å². The van der Waals surface area contributed by atoms with Crippen LogP contribution in [0.3, 0.4) is 0 Å². The van der Waals surface area contributed by atoms with E-state index in [1.54, 1.807) is 24.3 Å². The highest BCUT2D eigenvalue weighted by Gasteiger charge is 2.30. The minimum atomic E-state index is -0.169. The van der Waals surface area contributed by atoms with Crippen molar-refractivity contribution in [3.63, 3.8) is 0 Å². The number of carbonyl (C=O) groups excluding carboxylic acids is 2. The van der Waals surface area contributed by atoms with Crippen LogP contribution >= 0.6 is 12.6 Å². The lowest BCUT2D eigenvalue weighted by molar-refractivity contribution is 0.0975. The number of carbonyl (C=O) groups is 2. The number of ketones is 2. The molecule has 0 spiro atoms. The Hall–Kier alpha value is -1.55. The molecule has 1 N–H and O–H groups in total. The first-order valence-electron chi connectivity index (χ1n) is 7.04. The molecule has 0 aliphatic heterocycles. The molecule has 2 aliphatic rings. The second-order valence-corrected chi connectivity index (χ2v) is 5.91. The molecule has 0 saturated heterocycles. The Balaban J connectivity index is 1.85. The van der Waals surface area contributed by atoms with Crippen molar-refractivity contribution < 1.29 is 9.59 Å². The van der Waals surface area contributed by atoms with E-state index in [-0.39, 0.29) is 16.5 Å². The summed E-state index contributed by atoms with van der Waals surface area (Å²) in [5.41, 5.74) is 1.29. The van der Waals surface area contributed by atoms with Gasteiger partial charge in [-0.1, -0.05) is 37.1 Å². The third kappa shape index (κ3) is 2.29. The molecule has 0 bridgehead atoms. The third-order valence-electron chi connectivity index (χ3n) is 4.14. The average molecular weight is 287 g/mol. The minimum absolute atomic E-state index is 0.122. The Morgan fingerprint density at radius 3 is 2.30 bits per heavy atom. The molecule has 1 fully saturated rings. The van der Waals surface area contributed by atoms with Crippen LogP contribution in [-0.2, 0) is 0 Å². The van der Waals surface area contributed by atoms with Crippen molar-refractivity contribution >= 4 is 24.2 Å². The number of thiol groups is 1. The van der Waals surface area contributed by atoms with Crippen LogP contribution in [0.2, 0.25) is 0 Å². The minimum Gasteiger partial charge on any atom is -0.381 e. The molecular formula is C16H17NO2S. The lowest BCUT2D eigenvalue weighted by atomic mass is 9.92. The average Bonchev–Trinajstić information content (AvgIpc) is 2.98. The quantitative estimate of drug-likeness (QED) is 0.840. The summed E-state index contributed by atoms with van der Waals surface area (Å²) < 4.78 is 0. The summed E-state index contributed by atoms with van der Waals surface area (Å²) in [6.45, 7) is 0.751. The SMILES string of the molecule is O=C1C(S)=C(NCC2CCCC2)C(=O)c2ccccc21. The van der Waals surface area contributed by atoms with Crippen LogP contribution < -0.4 is 5.32 Å². The zero-order valence-corrected chi connectivity index (χ0v) is 12.1. The van der Waals surface area contributed by atoms with Crippen molar-refractivity contribution in [2.75, 3.05) is 6.54 Å². The Morgan fingerprint density at radius 2 is 1.65 bits per heavy atom. The first-order chi connectivity index (χ1) is 9.68. The molecule has 0 radical (unpaired) electrons. The first-order valence-corrected chi connectivity index (χ1v) is 7.48. The molecule has 4 heteroatoms.